The zero-order valence-electron chi connectivity index (χ0n) is 16.3. The quantitative estimate of drug-likeness (QED) is 0.793. The molecule has 3 rings (SSSR count). The maximum atomic E-state index is 5.41. The first kappa shape index (κ1) is 18.3. The lowest BCUT2D eigenvalue weighted by atomic mass is 10.2. The maximum absolute atomic E-state index is 5.41. The van der Waals surface area contributed by atoms with Gasteiger partial charge in [0.25, 0.3) is 0 Å². The van der Waals surface area contributed by atoms with Gasteiger partial charge in [-0.25, -0.2) is 9.97 Å². The van der Waals surface area contributed by atoms with E-state index in [2.05, 4.69) is 51.9 Å². The molecule has 0 spiro atoms. The standard InChI is InChI=1S/C20H28N4O2/c1-6-15-9-20(22-14(2)21-15)23(3)16-7-8-24(13-16)17-10-18(25-4)12-19(11-17)26-5/h9-12,16H,6-8,13H2,1-5H3. The molecule has 1 aliphatic heterocycles. The smallest absolute Gasteiger partial charge is 0.132 e. The molecular weight excluding hydrogens is 328 g/mol. The highest BCUT2D eigenvalue weighted by atomic mass is 16.5. The summed E-state index contributed by atoms with van der Waals surface area (Å²) >= 11 is 0. The van der Waals surface area contributed by atoms with Crippen molar-refractivity contribution in [1.82, 2.24) is 9.97 Å². The molecule has 6 nitrogen and oxygen atoms in total. The fourth-order valence-corrected chi connectivity index (χ4v) is 3.43. The van der Waals surface area contributed by atoms with E-state index in [0.29, 0.717) is 6.04 Å². The van der Waals surface area contributed by atoms with Gasteiger partial charge in [0.1, 0.15) is 23.1 Å². The van der Waals surface area contributed by atoms with Crippen LogP contribution in [0.5, 0.6) is 11.5 Å². The summed E-state index contributed by atoms with van der Waals surface area (Å²) in [5.41, 5.74) is 2.22. The van der Waals surface area contributed by atoms with Crippen molar-refractivity contribution in [2.75, 3.05) is 44.2 Å². The average molecular weight is 356 g/mol. The van der Waals surface area contributed by atoms with Crippen LogP contribution in [0.2, 0.25) is 0 Å². The van der Waals surface area contributed by atoms with Gasteiger partial charge in [-0.05, 0) is 19.8 Å². The second kappa shape index (κ2) is 7.81. The molecule has 0 saturated carbocycles. The number of hydrogen-bond donors (Lipinski definition) is 0. The minimum Gasteiger partial charge on any atom is -0.497 e. The van der Waals surface area contributed by atoms with E-state index >= 15 is 0 Å². The third-order valence-corrected chi connectivity index (χ3v) is 5.01. The van der Waals surface area contributed by atoms with E-state index in [9.17, 15) is 0 Å². The summed E-state index contributed by atoms with van der Waals surface area (Å²) in [6.45, 7) is 6.02. The average Bonchev–Trinajstić information content (AvgIpc) is 3.16. The largest absolute Gasteiger partial charge is 0.497 e. The molecule has 1 aliphatic rings. The van der Waals surface area contributed by atoms with Gasteiger partial charge in [-0.2, -0.15) is 0 Å². The number of anilines is 2. The highest BCUT2D eigenvalue weighted by Crippen LogP contribution is 2.31. The van der Waals surface area contributed by atoms with Gasteiger partial charge in [-0.3, -0.25) is 0 Å². The number of nitrogens with zero attached hydrogens (tertiary/aromatic N) is 4. The summed E-state index contributed by atoms with van der Waals surface area (Å²) in [4.78, 5) is 13.8. The Morgan fingerprint density at radius 3 is 2.42 bits per heavy atom. The molecule has 2 aromatic rings. The fraction of sp³-hybridized carbons (Fsp3) is 0.500. The SMILES string of the molecule is CCc1cc(N(C)C2CCN(c3cc(OC)cc(OC)c3)C2)nc(C)n1. The lowest BCUT2D eigenvalue weighted by Crippen LogP contribution is -2.35. The lowest BCUT2D eigenvalue weighted by Gasteiger charge is -2.27. The van der Waals surface area contributed by atoms with E-state index < -0.39 is 0 Å². The second-order valence-electron chi connectivity index (χ2n) is 6.69. The third-order valence-electron chi connectivity index (χ3n) is 5.01. The number of aryl methyl sites for hydroxylation is 2. The van der Waals surface area contributed by atoms with Crippen LogP contribution in [0.4, 0.5) is 11.5 Å². The summed E-state index contributed by atoms with van der Waals surface area (Å²) < 4.78 is 10.8. The van der Waals surface area contributed by atoms with Gasteiger partial charge in [0.05, 0.1) is 14.2 Å². The number of methoxy groups -OCH3 is 2. The molecule has 1 saturated heterocycles. The molecule has 26 heavy (non-hydrogen) atoms. The van der Waals surface area contributed by atoms with Crippen molar-refractivity contribution in [3.8, 4) is 11.5 Å². The van der Waals surface area contributed by atoms with Crippen LogP contribution in [0, 0.1) is 6.92 Å². The van der Waals surface area contributed by atoms with Gasteiger partial charge in [0.15, 0.2) is 0 Å². The monoisotopic (exact) mass is 356 g/mol. The molecule has 1 aromatic carbocycles. The number of ether oxygens (including phenoxy) is 2. The molecule has 140 valence electrons. The molecule has 0 radical (unpaired) electrons. The van der Waals surface area contributed by atoms with Gasteiger partial charge in [0.2, 0.25) is 0 Å². The van der Waals surface area contributed by atoms with E-state index in [4.69, 9.17) is 9.47 Å². The topological polar surface area (TPSA) is 50.7 Å². The van der Waals surface area contributed by atoms with E-state index in [1.54, 1.807) is 14.2 Å². The lowest BCUT2D eigenvalue weighted by molar-refractivity contribution is 0.394. The molecule has 1 fully saturated rings. The van der Waals surface area contributed by atoms with Crippen molar-refractivity contribution in [2.45, 2.75) is 32.7 Å². The van der Waals surface area contributed by atoms with Crippen molar-refractivity contribution in [3.05, 3.63) is 35.8 Å². The van der Waals surface area contributed by atoms with E-state index in [-0.39, 0.29) is 0 Å². The summed E-state index contributed by atoms with van der Waals surface area (Å²) in [7, 11) is 5.49. The molecule has 0 bridgehead atoms. The predicted octanol–water partition coefficient (Wildman–Crippen LogP) is 3.08. The Morgan fingerprint density at radius 2 is 1.81 bits per heavy atom. The van der Waals surface area contributed by atoms with E-state index in [1.807, 2.05) is 13.0 Å². The molecule has 0 amide bonds. The van der Waals surface area contributed by atoms with Crippen molar-refractivity contribution in [1.29, 1.82) is 0 Å². The zero-order valence-corrected chi connectivity index (χ0v) is 16.3. The molecule has 2 heterocycles. The van der Waals surface area contributed by atoms with E-state index in [0.717, 1.165) is 60.5 Å². The Balaban J connectivity index is 1.77. The molecule has 0 N–H and O–H groups in total. The zero-order chi connectivity index (χ0) is 18.7. The minimum absolute atomic E-state index is 0.409. The van der Waals surface area contributed by atoms with Gasteiger partial charge in [-0.15, -0.1) is 0 Å². The van der Waals surface area contributed by atoms with Gasteiger partial charge in [-0.1, -0.05) is 6.92 Å². The van der Waals surface area contributed by atoms with Crippen LogP contribution in [-0.4, -0.2) is 50.4 Å². The van der Waals surface area contributed by atoms with Crippen LogP contribution in [0.15, 0.2) is 24.3 Å². The molecule has 6 heteroatoms. The van der Waals surface area contributed by atoms with Gasteiger partial charge >= 0.3 is 0 Å². The van der Waals surface area contributed by atoms with Crippen LogP contribution in [0.25, 0.3) is 0 Å². The first-order valence-corrected chi connectivity index (χ1v) is 9.09. The Bertz CT molecular complexity index is 743. The van der Waals surface area contributed by atoms with Crippen LogP contribution >= 0.6 is 0 Å². The summed E-state index contributed by atoms with van der Waals surface area (Å²) in [6.07, 6.45) is 2.01. The van der Waals surface area contributed by atoms with Crippen LogP contribution in [0.3, 0.4) is 0 Å². The van der Waals surface area contributed by atoms with Crippen LogP contribution < -0.4 is 19.3 Å². The molecule has 1 aromatic heterocycles. The van der Waals surface area contributed by atoms with Crippen molar-refractivity contribution in [3.63, 3.8) is 0 Å². The second-order valence-corrected chi connectivity index (χ2v) is 6.69. The number of aromatic nitrogens is 2. The number of likely N-dealkylation sites (N-methyl/N-ethyl adjacent to an activating group) is 1. The van der Waals surface area contributed by atoms with E-state index in [1.165, 1.54) is 0 Å². The van der Waals surface area contributed by atoms with Crippen molar-refractivity contribution in [2.24, 2.45) is 0 Å². The Labute approximate surface area is 155 Å². The Hall–Kier alpha value is -2.50. The molecular formula is C20H28N4O2. The maximum Gasteiger partial charge on any atom is 0.132 e. The van der Waals surface area contributed by atoms with Crippen LogP contribution in [-0.2, 0) is 6.42 Å². The fourth-order valence-electron chi connectivity index (χ4n) is 3.43. The Kier molecular flexibility index (Phi) is 5.49. The number of rotatable bonds is 6. The highest BCUT2D eigenvalue weighted by molar-refractivity contribution is 5.57. The first-order chi connectivity index (χ1) is 12.5. The van der Waals surface area contributed by atoms with Gasteiger partial charge < -0.3 is 19.3 Å². The highest BCUT2D eigenvalue weighted by Gasteiger charge is 2.27. The van der Waals surface area contributed by atoms with Gasteiger partial charge in [0, 0.05) is 61.8 Å². The normalized spacial score (nSPS) is 16.7. The third kappa shape index (κ3) is 3.84. The minimum atomic E-state index is 0.409. The predicted molar refractivity (Wildman–Crippen MR) is 105 cm³/mol. The molecule has 1 atom stereocenters. The van der Waals surface area contributed by atoms with Crippen molar-refractivity contribution >= 4 is 11.5 Å². The Morgan fingerprint density at radius 1 is 1.12 bits per heavy atom. The molecule has 1 unspecified atom stereocenters. The number of hydrogen-bond acceptors (Lipinski definition) is 6. The summed E-state index contributed by atoms with van der Waals surface area (Å²) in [5, 5.41) is 0. The van der Waals surface area contributed by atoms with Crippen LogP contribution in [0.1, 0.15) is 24.9 Å². The number of benzene rings is 1. The summed E-state index contributed by atoms with van der Waals surface area (Å²) in [5.74, 6) is 3.47. The van der Waals surface area contributed by atoms with Crippen molar-refractivity contribution < 1.29 is 9.47 Å². The first-order valence-electron chi connectivity index (χ1n) is 9.09. The molecule has 0 aliphatic carbocycles. The summed E-state index contributed by atoms with van der Waals surface area (Å²) in [6, 6.07) is 8.54.